The first-order chi connectivity index (χ1) is 9.41. The van der Waals surface area contributed by atoms with Gasteiger partial charge in [0.15, 0.2) is 0 Å². The summed E-state index contributed by atoms with van der Waals surface area (Å²) in [5.74, 6) is -0.304. The molecule has 2 rings (SSSR count). The van der Waals surface area contributed by atoms with E-state index < -0.39 is 24.7 Å². The number of alkyl halides is 3. The maximum atomic E-state index is 12.5. The van der Waals surface area contributed by atoms with E-state index in [1.54, 1.807) is 6.07 Å². The lowest BCUT2D eigenvalue weighted by Crippen LogP contribution is -2.41. The number of halogens is 4. The second kappa shape index (κ2) is 5.31. The van der Waals surface area contributed by atoms with Gasteiger partial charge in [-0.1, -0.05) is 0 Å². The molecule has 1 aromatic carbocycles. The highest BCUT2D eigenvalue weighted by molar-refractivity contribution is 14.1. The van der Waals surface area contributed by atoms with E-state index in [1.807, 2.05) is 50.3 Å². The van der Waals surface area contributed by atoms with Gasteiger partial charge >= 0.3 is 13.5 Å². The van der Waals surface area contributed by atoms with E-state index in [0.717, 1.165) is 3.57 Å². The van der Waals surface area contributed by atoms with Gasteiger partial charge in [-0.05, 0) is 68.5 Å². The van der Waals surface area contributed by atoms with Crippen molar-refractivity contribution in [1.82, 2.24) is 0 Å². The average molecular weight is 414 g/mol. The molecule has 3 nitrogen and oxygen atoms in total. The fourth-order valence-electron chi connectivity index (χ4n) is 1.89. The minimum Gasteiger partial charge on any atom is -0.406 e. The second-order valence-corrected chi connectivity index (χ2v) is 7.06. The summed E-state index contributed by atoms with van der Waals surface area (Å²) < 4.78 is 53.9. The molecule has 0 aliphatic carbocycles. The zero-order valence-corrected chi connectivity index (χ0v) is 14.2. The fourth-order valence-corrected chi connectivity index (χ4v) is 2.41. The topological polar surface area (TPSA) is 27.7 Å². The Hall–Kier alpha value is -0.475. The lowest BCUT2D eigenvalue weighted by Gasteiger charge is -2.32. The van der Waals surface area contributed by atoms with Crippen molar-refractivity contribution in [2.45, 2.75) is 45.3 Å². The Labute approximate surface area is 135 Å². The van der Waals surface area contributed by atoms with Crippen LogP contribution in [0.25, 0.3) is 0 Å². The third kappa shape index (κ3) is 3.65. The van der Waals surface area contributed by atoms with Crippen LogP contribution in [0.2, 0.25) is 0 Å². The number of benzene rings is 1. The Morgan fingerprint density at radius 1 is 1.10 bits per heavy atom. The minimum atomic E-state index is -4.76. The summed E-state index contributed by atoms with van der Waals surface area (Å²) in [6.45, 7) is 7.35. The van der Waals surface area contributed by atoms with Gasteiger partial charge < -0.3 is 14.0 Å². The Bertz CT molecular complexity index is 530. The van der Waals surface area contributed by atoms with Crippen molar-refractivity contribution in [1.29, 1.82) is 0 Å². The van der Waals surface area contributed by atoms with E-state index >= 15 is 0 Å². The van der Waals surface area contributed by atoms with Gasteiger partial charge in [-0.2, -0.15) is 0 Å². The number of hydrogen-bond donors (Lipinski definition) is 0. The quantitative estimate of drug-likeness (QED) is 0.548. The normalized spacial score (nSPS) is 20.7. The fraction of sp³-hybridized carbons (Fsp3) is 0.538. The lowest BCUT2D eigenvalue weighted by molar-refractivity contribution is -0.274. The molecule has 1 fully saturated rings. The summed E-state index contributed by atoms with van der Waals surface area (Å²) in [7, 11) is -0.901. The minimum absolute atomic E-state index is 0.234. The summed E-state index contributed by atoms with van der Waals surface area (Å²) in [6, 6.07) is 4.38. The molecule has 1 heterocycles. The molecule has 1 saturated heterocycles. The van der Waals surface area contributed by atoms with Gasteiger partial charge in [-0.15, -0.1) is 13.2 Å². The third-order valence-electron chi connectivity index (χ3n) is 3.70. The lowest BCUT2D eigenvalue weighted by atomic mass is 9.78. The number of rotatable bonds is 2. The van der Waals surface area contributed by atoms with Crippen LogP contribution in [0.15, 0.2) is 18.2 Å². The van der Waals surface area contributed by atoms with Crippen LogP contribution < -0.4 is 10.2 Å². The monoisotopic (exact) mass is 414 g/mol. The van der Waals surface area contributed by atoms with Gasteiger partial charge in [-0.3, -0.25) is 0 Å². The molecule has 21 heavy (non-hydrogen) atoms. The van der Waals surface area contributed by atoms with Gasteiger partial charge in [0, 0.05) is 9.03 Å². The van der Waals surface area contributed by atoms with Crippen LogP contribution in [0, 0.1) is 3.57 Å². The van der Waals surface area contributed by atoms with Crippen molar-refractivity contribution in [3.05, 3.63) is 21.8 Å². The highest BCUT2D eigenvalue weighted by atomic mass is 127. The molecule has 0 aromatic heterocycles. The molecule has 0 radical (unpaired) electrons. The molecule has 1 aromatic rings. The maximum absolute atomic E-state index is 12.5. The predicted molar refractivity (Wildman–Crippen MR) is 81.6 cm³/mol. The first kappa shape index (κ1) is 16.9. The second-order valence-electron chi connectivity index (χ2n) is 5.82. The van der Waals surface area contributed by atoms with Crippen LogP contribution in [0.4, 0.5) is 13.2 Å². The molecule has 8 heteroatoms. The SMILES string of the molecule is CC1(C)OB(c2cc(I)ccc2OC(F)(F)F)OC1(C)C. The zero-order chi connectivity index (χ0) is 16.1. The molecule has 0 atom stereocenters. The molecular formula is C13H15BF3IO3. The van der Waals surface area contributed by atoms with Crippen LogP contribution in [-0.4, -0.2) is 24.7 Å². The standard InChI is InChI=1S/C13H15BF3IO3/c1-11(2)12(3,4)21-14(20-11)9-7-8(18)5-6-10(9)19-13(15,16)17/h5-7H,1-4H3. The van der Waals surface area contributed by atoms with Crippen LogP contribution >= 0.6 is 22.6 Å². The highest BCUT2D eigenvalue weighted by Gasteiger charge is 2.53. The van der Waals surface area contributed by atoms with Crippen LogP contribution in [0.3, 0.4) is 0 Å². The van der Waals surface area contributed by atoms with Crippen LogP contribution in [-0.2, 0) is 9.31 Å². The Kier molecular flexibility index (Phi) is 4.27. The summed E-state index contributed by atoms with van der Waals surface area (Å²) >= 11 is 2.02. The summed E-state index contributed by atoms with van der Waals surface area (Å²) in [4.78, 5) is 0. The van der Waals surface area contributed by atoms with Crippen molar-refractivity contribution < 1.29 is 27.2 Å². The first-order valence-corrected chi connectivity index (χ1v) is 7.40. The van der Waals surface area contributed by atoms with E-state index in [1.165, 1.54) is 12.1 Å². The zero-order valence-electron chi connectivity index (χ0n) is 12.0. The van der Waals surface area contributed by atoms with Crippen molar-refractivity contribution in [3.8, 4) is 5.75 Å². The largest absolute Gasteiger partial charge is 0.573 e. The van der Waals surface area contributed by atoms with Gasteiger partial charge in [0.05, 0.1) is 11.2 Å². The van der Waals surface area contributed by atoms with Crippen molar-refractivity contribution in [3.63, 3.8) is 0 Å². The molecule has 0 unspecified atom stereocenters. The summed E-state index contributed by atoms with van der Waals surface area (Å²) in [6.07, 6.45) is -4.76. The van der Waals surface area contributed by atoms with Gasteiger partial charge in [0.25, 0.3) is 0 Å². The van der Waals surface area contributed by atoms with E-state index in [9.17, 15) is 13.2 Å². The Morgan fingerprint density at radius 2 is 1.62 bits per heavy atom. The van der Waals surface area contributed by atoms with E-state index in [-0.39, 0.29) is 11.2 Å². The summed E-state index contributed by atoms with van der Waals surface area (Å²) in [5, 5.41) is 0. The molecular weight excluding hydrogens is 399 g/mol. The number of hydrogen-bond acceptors (Lipinski definition) is 3. The van der Waals surface area contributed by atoms with E-state index in [4.69, 9.17) is 9.31 Å². The molecule has 0 amide bonds. The smallest absolute Gasteiger partial charge is 0.406 e. The first-order valence-electron chi connectivity index (χ1n) is 6.32. The Morgan fingerprint density at radius 3 is 2.10 bits per heavy atom. The van der Waals surface area contributed by atoms with Crippen LogP contribution in [0.1, 0.15) is 27.7 Å². The molecule has 0 N–H and O–H groups in total. The third-order valence-corrected chi connectivity index (χ3v) is 4.38. The predicted octanol–water partition coefficient (Wildman–Crippen LogP) is 3.49. The average Bonchev–Trinajstić information content (AvgIpc) is 2.49. The molecule has 0 spiro atoms. The molecule has 1 aliphatic heterocycles. The van der Waals surface area contributed by atoms with Gasteiger partial charge in [0.1, 0.15) is 5.75 Å². The van der Waals surface area contributed by atoms with Crippen molar-refractivity contribution >= 4 is 35.2 Å². The van der Waals surface area contributed by atoms with Crippen LogP contribution in [0.5, 0.6) is 5.75 Å². The molecule has 1 aliphatic rings. The summed E-state index contributed by atoms with van der Waals surface area (Å²) in [5.41, 5.74) is -1.03. The van der Waals surface area contributed by atoms with Crippen molar-refractivity contribution in [2.75, 3.05) is 0 Å². The Balaban J connectivity index is 2.38. The molecule has 0 bridgehead atoms. The maximum Gasteiger partial charge on any atom is 0.573 e. The molecule has 116 valence electrons. The van der Waals surface area contributed by atoms with E-state index in [0.29, 0.717) is 0 Å². The van der Waals surface area contributed by atoms with Gasteiger partial charge in [0.2, 0.25) is 0 Å². The number of ether oxygens (including phenoxy) is 1. The van der Waals surface area contributed by atoms with Gasteiger partial charge in [-0.25, -0.2) is 0 Å². The van der Waals surface area contributed by atoms with Crippen molar-refractivity contribution in [2.24, 2.45) is 0 Å². The molecule has 0 saturated carbocycles. The highest BCUT2D eigenvalue weighted by Crippen LogP contribution is 2.37. The van der Waals surface area contributed by atoms with E-state index in [2.05, 4.69) is 4.74 Å².